The van der Waals surface area contributed by atoms with Gasteiger partial charge in [0.1, 0.15) is 5.75 Å². The van der Waals surface area contributed by atoms with Crippen molar-refractivity contribution in [1.29, 1.82) is 0 Å². The highest BCUT2D eigenvalue weighted by molar-refractivity contribution is 7.39. The van der Waals surface area contributed by atoms with Crippen molar-refractivity contribution in [2.75, 3.05) is 0 Å². The summed E-state index contributed by atoms with van der Waals surface area (Å²) in [5.74, 6) is 0.581. The largest absolute Gasteiger partial charge is 0.426 e. The Labute approximate surface area is 251 Å². The maximum Gasteiger partial charge on any atom is 0.391 e. The van der Waals surface area contributed by atoms with Crippen LogP contribution in [0.4, 0.5) is 0 Å². The molecule has 0 atom stereocenters. The Morgan fingerprint density at radius 3 is 1.59 bits per heavy atom. The van der Waals surface area contributed by atoms with Crippen LogP contribution in [-0.2, 0) is 28.1 Å². The Bertz CT molecular complexity index is 1400. The minimum atomic E-state index is -2.63. The van der Waals surface area contributed by atoms with Crippen LogP contribution < -0.4 is 4.52 Å². The first-order chi connectivity index (χ1) is 18.5. The lowest BCUT2D eigenvalue weighted by Crippen LogP contribution is -2.23. The standard InChI is InChI=1S/C37H53O3P/c1-23-17-15-19-25(31(23)36(9,10)11)21-27-28(34(3,4)5)22-29(35(6,7)8)33(40-41(38)39)30(27)26-20-16-18-24(2)32(26)37(12,13)14/h15-20,22,38-39H,21H2,1-14H3. The number of rotatable bonds is 5. The maximum absolute atomic E-state index is 10.3. The molecule has 0 spiro atoms. The number of hydrogen-bond acceptors (Lipinski definition) is 3. The molecule has 3 aromatic rings. The van der Waals surface area contributed by atoms with Crippen LogP contribution in [0.3, 0.4) is 0 Å². The average molecular weight is 577 g/mol. The van der Waals surface area contributed by atoms with Crippen LogP contribution in [0.2, 0.25) is 0 Å². The summed E-state index contributed by atoms with van der Waals surface area (Å²) in [6.45, 7) is 31.3. The summed E-state index contributed by atoms with van der Waals surface area (Å²) >= 11 is 0. The first-order valence-electron chi connectivity index (χ1n) is 14.8. The second kappa shape index (κ2) is 11.5. The summed E-state index contributed by atoms with van der Waals surface area (Å²) in [4.78, 5) is 20.7. The van der Waals surface area contributed by atoms with E-state index in [1.165, 1.54) is 38.9 Å². The van der Waals surface area contributed by atoms with Gasteiger partial charge in [0, 0.05) is 11.1 Å². The van der Waals surface area contributed by atoms with E-state index >= 15 is 0 Å². The van der Waals surface area contributed by atoms with Gasteiger partial charge in [-0.2, -0.15) is 0 Å². The number of benzene rings is 3. The monoisotopic (exact) mass is 576 g/mol. The molecule has 41 heavy (non-hydrogen) atoms. The normalized spacial score (nSPS) is 13.2. The van der Waals surface area contributed by atoms with Gasteiger partial charge in [-0.05, 0) is 86.4 Å². The second-order valence-electron chi connectivity index (χ2n) is 15.8. The Morgan fingerprint density at radius 2 is 1.12 bits per heavy atom. The Balaban J connectivity index is 2.67. The van der Waals surface area contributed by atoms with Crippen molar-refractivity contribution < 1.29 is 14.3 Å². The summed E-state index contributed by atoms with van der Waals surface area (Å²) < 4.78 is 6.11. The Hall–Kier alpha value is -2.19. The fourth-order valence-corrected chi connectivity index (χ4v) is 6.94. The van der Waals surface area contributed by atoms with Gasteiger partial charge < -0.3 is 14.3 Å². The fraction of sp³-hybridized carbons (Fsp3) is 0.514. The molecular formula is C37H53O3P. The smallest absolute Gasteiger partial charge is 0.391 e. The van der Waals surface area contributed by atoms with E-state index in [9.17, 15) is 9.79 Å². The molecule has 0 radical (unpaired) electrons. The van der Waals surface area contributed by atoms with Crippen LogP contribution in [0.1, 0.15) is 128 Å². The van der Waals surface area contributed by atoms with E-state index in [1.54, 1.807) is 0 Å². The van der Waals surface area contributed by atoms with Gasteiger partial charge in [-0.1, -0.05) is 126 Å². The lowest BCUT2D eigenvalue weighted by atomic mass is 9.71. The fourth-order valence-electron chi connectivity index (χ4n) is 6.59. The van der Waals surface area contributed by atoms with Crippen LogP contribution in [-0.4, -0.2) is 9.79 Å². The van der Waals surface area contributed by atoms with Gasteiger partial charge in [0.25, 0.3) is 0 Å². The van der Waals surface area contributed by atoms with Gasteiger partial charge >= 0.3 is 8.60 Å². The van der Waals surface area contributed by atoms with E-state index < -0.39 is 8.60 Å². The van der Waals surface area contributed by atoms with Gasteiger partial charge in [-0.3, -0.25) is 0 Å². The molecule has 0 bridgehead atoms. The van der Waals surface area contributed by atoms with Gasteiger partial charge in [0.2, 0.25) is 0 Å². The molecular weight excluding hydrogens is 523 g/mol. The highest BCUT2D eigenvalue weighted by Gasteiger charge is 2.34. The SMILES string of the molecule is Cc1cccc(Cc2c(C(C)(C)C)cc(C(C)(C)C)c(OP(O)O)c2-c2cccc(C)c2C(C)(C)C)c1C(C)(C)C. The van der Waals surface area contributed by atoms with E-state index in [1.807, 2.05) is 0 Å². The molecule has 0 unspecified atom stereocenters. The Kier molecular flexibility index (Phi) is 9.33. The summed E-state index contributed by atoms with van der Waals surface area (Å²) in [5, 5.41) is 0. The van der Waals surface area contributed by atoms with Crippen molar-refractivity contribution in [3.05, 3.63) is 87.0 Å². The first-order valence-corrected chi connectivity index (χ1v) is 16.0. The molecule has 0 aliphatic rings. The molecule has 0 fully saturated rings. The van der Waals surface area contributed by atoms with E-state index in [2.05, 4.69) is 139 Å². The van der Waals surface area contributed by atoms with Crippen molar-refractivity contribution in [2.24, 2.45) is 0 Å². The summed E-state index contributed by atoms with van der Waals surface area (Å²) in [6, 6.07) is 15.4. The molecule has 3 rings (SSSR count). The molecule has 224 valence electrons. The van der Waals surface area contributed by atoms with E-state index in [4.69, 9.17) is 4.52 Å². The summed E-state index contributed by atoms with van der Waals surface area (Å²) in [6.07, 6.45) is 0.712. The first kappa shape index (κ1) is 33.3. The summed E-state index contributed by atoms with van der Waals surface area (Å²) in [5.41, 5.74) is 11.3. The molecule has 0 heterocycles. The van der Waals surface area contributed by atoms with E-state index in [0.29, 0.717) is 12.2 Å². The van der Waals surface area contributed by atoms with Gasteiger partial charge in [-0.15, -0.1) is 0 Å². The molecule has 3 aromatic carbocycles. The van der Waals surface area contributed by atoms with Crippen molar-refractivity contribution in [3.63, 3.8) is 0 Å². The van der Waals surface area contributed by atoms with Crippen molar-refractivity contribution in [1.82, 2.24) is 0 Å². The predicted octanol–water partition coefficient (Wildman–Crippen LogP) is 10.3. The third-order valence-electron chi connectivity index (χ3n) is 7.94. The van der Waals surface area contributed by atoms with Crippen LogP contribution >= 0.6 is 8.60 Å². The molecule has 0 amide bonds. The van der Waals surface area contributed by atoms with Gasteiger partial charge in [0.15, 0.2) is 0 Å². The molecule has 0 saturated heterocycles. The van der Waals surface area contributed by atoms with Crippen molar-refractivity contribution in [2.45, 2.75) is 125 Å². The topological polar surface area (TPSA) is 49.7 Å². The zero-order valence-electron chi connectivity index (χ0n) is 28.0. The average Bonchev–Trinajstić information content (AvgIpc) is 2.75. The molecule has 0 saturated carbocycles. The number of aryl methyl sites for hydroxylation is 2. The third kappa shape index (κ3) is 7.24. The van der Waals surface area contributed by atoms with Crippen molar-refractivity contribution >= 4 is 8.60 Å². The zero-order chi connectivity index (χ0) is 31.3. The van der Waals surface area contributed by atoms with Crippen molar-refractivity contribution in [3.8, 4) is 16.9 Å². The van der Waals surface area contributed by atoms with Crippen LogP contribution in [0.5, 0.6) is 5.75 Å². The van der Waals surface area contributed by atoms with E-state index in [0.717, 1.165) is 16.7 Å². The molecule has 3 nitrogen and oxygen atoms in total. The quantitative estimate of drug-likeness (QED) is 0.297. The number of hydrogen-bond donors (Lipinski definition) is 2. The minimum absolute atomic E-state index is 0.0299. The molecule has 2 N–H and O–H groups in total. The maximum atomic E-state index is 10.3. The second-order valence-corrected chi connectivity index (χ2v) is 16.5. The lowest BCUT2D eigenvalue weighted by Gasteiger charge is -2.35. The Morgan fingerprint density at radius 1 is 0.634 bits per heavy atom. The van der Waals surface area contributed by atoms with Gasteiger partial charge in [0.05, 0.1) is 0 Å². The highest BCUT2D eigenvalue weighted by Crippen LogP contribution is 2.52. The lowest BCUT2D eigenvalue weighted by molar-refractivity contribution is 0.370. The van der Waals surface area contributed by atoms with E-state index in [-0.39, 0.29) is 21.7 Å². The van der Waals surface area contributed by atoms with Gasteiger partial charge in [-0.25, -0.2) is 0 Å². The molecule has 4 heteroatoms. The summed E-state index contributed by atoms with van der Waals surface area (Å²) in [7, 11) is -2.63. The van der Waals surface area contributed by atoms with Crippen LogP contribution in [0.15, 0.2) is 42.5 Å². The molecule has 0 aliphatic carbocycles. The third-order valence-corrected chi connectivity index (χ3v) is 8.29. The molecule has 0 aliphatic heterocycles. The van der Waals surface area contributed by atoms with Crippen LogP contribution in [0, 0.1) is 13.8 Å². The zero-order valence-corrected chi connectivity index (χ0v) is 28.9. The molecule has 0 aromatic heterocycles. The highest BCUT2D eigenvalue weighted by atomic mass is 31.2. The minimum Gasteiger partial charge on any atom is -0.426 e. The van der Waals surface area contributed by atoms with Crippen LogP contribution in [0.25, 0.3) is 11.1 Å². The predicted molar refractivity (Wildman–Crippen MR) is 177 cm³/mol.